The summed E-state index contributed by atoms with van der Waals surface area (Å²) in [6.07, 6.45) is 0. The van der Waals surface area contributed by atoms with Crippen molar-refractivity contribution in [2.45, 2.75) is 11.8 Å². The Kier molecular flexibility index (Phi) is 3.03. The normalized spacial score (nSPS) is 11.3. The van der Waals surface area contributed by atoms with Gasteiger partial charge >= 0.3 is 0 Å². The molecule has 0 aliphatic rings. The molecule has 0 spiro atoms. The molecule has 0 fully saturated rings. The number of carbonyl (C=O) groups is 1. The summed E-state index contributed by atoms with van der Waals surface area (Å²) in [6.45, 7) is 1.37. The zero-order valence-corrected chi connectivity index (χ0v) is 8.67. The summed E-state index contributed by atoms with van der Waals surface area (Å²) in [6, 6.07) is 5.73. The van der Waals surface area contributed by atoms with E-state index in [1.165, 1.54) is 25.1 Å². The molecule has 0 radical (unpaired) electrons. The van der Waals surface area contributed by atoms with E-state index < -0.39 is 10.1 Å². The lowest BCUT2D eigenvalue weighted by Crippen LogP contribution is -2.04. The minimum atomic E-state index is -3.71. The molecule has 5 heteroatoms. The molecule has 0 bridgehead atoms. The minimum absolute atomic E-state index is 0.00676. The first kappa shape index (κ1) is 10.9. The SMILES string of the molecule is COS(=O)(=O)c1cccc(C(C)=O)c1. The molecule has 1 aromatic carbocycles. The van der Waals surface area contributed by atoms with E-state index >= 15 is 0 Å². The molecule has 0 N–H and O–H groups in total. The van der Waals surface area contributed by atoms with Crippen molar-refractivity contribution in [3.8, 4) is 0 Å². The maximum atomic E-state index is 11.2. The highest BCUT2D eigenvalue weighted by Crippen LogP contribution is 2.13. The average Bonchev–Trinajstić information content (AvgIpc) is 2.18. The summed E-state index contributed by atoms with van der Waals surface area (Å²) < 4.78 is 26.8. The van der Waals surface area contributed by atoms with E-state index in [9.17, 15) is 13.2 Å². The summed E-state index contributed by atoms with van der Waals surface area (Å²) in [5.74, 6) is -0.182. The van der Waals surface area contributed by atoms with Crippen LogP contribution < -0.4 is 0 Å². The molecule has 0 aliphatic carbocycles. The molecule has 0 atom stereocenters. The largest absolute Gasteiger partial charge is 0.296 e. The van der Waals surface area contributed by atoms with Gasteiger partial charge in [0.2, 0.25) is 0 Å². The number of carbonyl (C=O) groups excluding carboxylic acids is 1. The Morgan fingerprint density at radius 3 is 2.50 bits per heavy atom. The Hall–Kier alpha value is -1.20. The predicted octanol–water partition coefficient (Wildman–Crippen LogP) is 1.22. The van der Waals surface area contributed by atoms with Gasteiger partial charge in [0.1, 0.15) is 0 Å². The quantitative estimate of drug-likeness (QED) is 0.560. The Morgan fingerprint density at radius 1 is 1.36 bits per heavy atom. The van der Waals surface area contributed by atoms with Gasteiger partial charge in [0, 0.05) is 5.56 Å². The fraction of sp³-hybridized carbons (Fsp3) is 0.222. The Morgan fingerprint density at radius 2 is 2.00 bits per heavy atom. The molecule has 0 aromatic heterocycles. The number of benzene rings is 1. The van der Waals surface area contributed by atoms with Gasteiger partial charge < -0.3 is 0 Å². The lowest BCUT2D eigenvalue weighted by atomic mass is 10.2. The van der Waals surface area contributed by atoms with Crippen molar-refractivity contribution in [3.63, 3.8) is 0 Å². The standard InChI is InChI=1S/C9H10O4S/c1-7(10)8-4-3-5-9(6-8)14(11,12)13-2/h3-6H,1-2H3. The third-order valence-corrected chi connectivity index (χ3v) is 3.02. The van der Waals surface area contributed by atoms with Gasteiger partial charge in [0.05, 0.1) is 12.0 Å². The highest BCUT2D eigenvalue weighted by atomic mass is 32.2. The summed E-state index contributed by atoms with van der Waals surface area (Å²) in [4.78, 5) is 11.0. The van der Waals surface area contributed by atoms with Gasteiger partial charge in [0.25, 0.3) is 10.1 Å². The van der Waals surface area contributed by atoms with Gasteiger partial charge in [-0.25, -0.2) is 0 Å². The number of hydrogen-bond acceptors (Lipinski definition) is 4. The molecule has 0 saturated carbocycles. The van der Waals surface area contributed by atoms with Crippen molar-refractivity contribution in [3.05, 3.63) is 29.8 Å². The molecule has 1 rings (SSSR count). The number of hydrogen-bond donors (Lipinski definition) is 0. The van der Waals surface area contributed by atoms with E-state index in [1.807, 2.05) is 0 Å². The van der Waals surface area contributed by atoms with E-state index in [-0.39, 0.29) is 10.7 Å². The number of ketones is 1. The van der Waals surface area contributed by atoms with Crippen LogP contribution in [0.1, 0.15) is 17.3 Å². The second kappa shape index (κ2) is 3.89. The van der Waals surface area contributed by atoms with E-state index in [1.54, 1.807) is 6.07 Å². The van der Waals surface area contributed by atoms with Crippen molar-refractivity contribution in [1.82, 2.24) is 0 Å². The van der Waals surface area contributed by atoms with Crippen LogP contribution in [0.5, 0.6) is 0 Å². The van der Waals surface area contributed by atoms with Crippen LogP contribution in [0, 0.1) is 0 Å². The molecule has 14 heavy (non-hydrogen) atoms. The van der Waals surface area contributed by atoms with E-state index in [0.717, 1.165) is 7.11 Å². The summed E-state index contributed by atoms with van der Waals surface area (Å²) >= 11 is 0. The van der Waals surface area contributed by atoms with Gasteiger partial charge in [-0.05, 0) is 19.1 Å². The highest BCUT2D eigenvalue weighted by molar-refractivity contribution is 7.86. The molecular weight excluding hydrogens is 204 g/mol. The highest BCUT2D eigenvalue weighted by Gasteiger charge is 2.13. The Bertz CT molecular complexity index is 448. The first-order chi connectivity index (χ1) is 6.47. The summed E-state index contributed by atoms with van der Waals surface area (Å²) in [5.41, 5.74) is 0.350. The molecule has 76 valence electrons. The lowest BCUT2D eigenvalue weighted by Gasteiger charge is -2.02. The summed E-state index contributed by atoms with van der Waals surface area (Å²) in [5, 5.41) is 0. The lowest BCUT2D eigenvalue weighted by molar-refractivity contribution is 0.101. The van der Waals surface area contributed by atoms with Crippen molar-refractivity contribution in [2.24, 2.45) is 0 Å². The van der Waals surface area contributed by atoms with E-state index in [2.05, 4.69) is 4.18 Å². The maximum Gasteiger partial charge on any atom is 0.296 e. The van der Waals surface area contributed by atoms with Gasteiger partial charge in [-0.3, -0.25) is 8.98 Å². The first-order valence-corrected chi connectivity index (χ1v) is 5.30. The van der Waals surface area contributed by atoms with Crippen LogP contribution in [0.4, 0.5) is 0 Å². The van der Waals surface area contributed by atoms with Crippen LogP contribution in [0.3, 0.4) is 0 Å². The fourth-order valence-corrected chi connectivity index (χ4v) is 1.68. The van der Waals surface area contributed by atoms with E-state index in [4.69, 9.17) is 0 Å². The van der Waals surface area contributed by atoms with Gasteiger partial charge in [-0.15, -0.1) is 0 Å². The van der Waals surface area contributed by atoms with Crippen molar-refractivity contribution in [2.75, 3.05) is 7.11 Å². The van der Waals surface area contributed by atoms with Crippen molar-refractivity contribution < 1.29 is 17.4 Å². The molecular formula is C9H10O4S. The minimum Gasteiger partial charge on any atom is -0.295 e. The molecule has 0 aliphatic heterocycles. The predicted molar refractivity (Wildman–Crippen MR) is 50.6 cm³/mol. The smallest absolute Gasteiger partial charge is 0.295 e. The maximum absolute atomic E-state index is 11.2. The zero-order chi connectivity index (χ0) is 10.8. The second-order valence-corrected chi connectivity index (χ2v) is 4.42. The molecule has 0 amide bonds. The molecule has 1 aromatic rings. The summed E-state index contributed by atoms with van der Waals surface area (Å²) in [7, 11) is -2.63. The van der Waals surface area contributed by atoms with Gasteiger partial charge in [-0.1, -0.05) is 12.1 Å². The van der Waals surface area contributed by atoms with Crippen LogP contribution in [0.2, 0.25) is 0 Å². The van der Waals surface area contributed by atoms with Crippen LogP contribution >= 0.6 is 0 Å². The van der Waals surface area contributed by atoms with Crippen molar-refractivity contribution >= 4 is 15.9 Å². The van der Waals surface area contributed by atoms with Gasteiger partial charge in [0.15, 0.2) is 5.78 Å². The third-order valence-electron chi connectivity index (χ3n) is 1.75. The third kappa shape index (κ3) is 2.18. The van der Waals surface area contributed by atoms with E-state index in [0.29, 0.717) is 5.56 Å². The first-order valence-electron chi connectivity index (χ1n) is 3.89. The molecule has 4 nitrogen and oxygen atoms in total. The van der Waals surface area contributed by atoms with Crippen LogP contribution in [0.25, 0.3) is 0 Å². The van der Waals surface area contributed by atoms with Crippen molar-refractivity contribution in [1.29, 1.82) is 0 Å². The fourth-order valence-electron chi connectivity index (χ4n) is 0.967. The number of rotatable bonds is 3. The van der Waals surface area contributed by atoms with Crippen LogP contribution in [0.15, 0.2) is 29.2 Å². The van der Waals surface area contributed by atoms with Crippen LogP contribution in [-0.4, -0.2) is 21.3 Å². The molecule has 0 saturated heterocycles. The van der Waals surface area contributed by atoms with Crippen LogP contribution in [-0.2, 0) is 14.3 Å². The Labute approximate surface area is 82.6 Å². The molecule has 0 unspecified atom stereocenters. The molecule has 0 heterocycles. The topological polar surface area (TPSA) is 60.4 Å². The zero-order valence-electron chi connectivity index (χ0n) is 7.85. The monoisotopic (exact) mass is 214 g/mol. The average molecular weight is 214 g/mol. The number of Topliss-reactive ketones (excluding diaryl/α,β-unsaturated/α-hetero) is 1. The second-order valence-electron chi connectivity index (χ2n) is 2.70. The Balaban J connectivity index is 3.26. The van der Waals surface area contributed by atoms with Gasteiger partial charge in [-0.2, -0.15) is 8.42 Å².